The second-order valence-corrected chi connectivity index (χ2v) is 7.65. The molecular formula is C11H16Br4. The van der Waals surface area contributed by atoms with E-state index in [1.165, 1.54) is 5.57 Å². The molecule has 0 saturated carbocycles. The van der Waals surface area contributed by atoms with Gasteiger partial charge in [0.25, 0.3) is 0 Å². The number of halogens is 4. The largest absolute Gasteiger partial charge is 0.0880 e. The van der Waals surface area contributed by atoms with Crippen LogP contribution in [0.5, 0.6) is 0 Å². The third-order valence-corrected chi connectivity index (χ3v) is 5.05. The second kappa shape index (κ2) is 10.5. The van der Waals surface area contributed by atoms with Crippen molar-refractivity contribution < 1.29 is 0 Å². The van der Waals surface area contributed by atoms with Crippen LogP contribution in [0.3, 0.4) is 0 Å². The van der Waals surface area contributed by atoms with Crippen molar-refractivity contribution in [3.05, 3.63) is 23.8 Å². The summed E-state index contributed by atoms with van der Waals surface area (Å²) in [5.41, 5.74) is 1.41. The van der Waals surface area contributed by atoms with Gasteiger partial charge in [-0.2, -0.15) is 0 Å². The Morgan fingerprint density at radius 1 is 1.13 bits per heavy atom. The van der Waals surface area contributed by atoms with Gasteiger partial charge >= 0.3 is 0 Å². The van der Waals surface area contributed by atoms with Gasteiger partial charge in [0.1, 0.15) is 0 Å². The van der Waals surface area contributed by atoms with Crippen molar-refractivity contribution in [1.82, 2.24) is 0 Å². The quantitative estimate of drug-likeness (QED) is 0.252. The fourth-order valence-corrected chi connectivity index (χ4v) is 2.66. The van der Waals surface area contributed by atoms with Gasteiger partial charge < -0.3 is 0 Å². The zero-order valence-electron chi connectivity index (χ0n) is 8.73. The van der Waals surface area contributed by atoms with Gasteiger partial charge in [-0.1, -0.05) is 94.4 Å². The maximum absolute atomic E-state index is 3.50. The molecule has 0 rings (SSSR count). The summed E-state index contributed by atoms with van der Waals surface area (Å²) < 4.78 is 0.373. The molecule has 4 heteroatoms. The number of hydrogen-bond donors (Lipinski definition) is 0. The fraction of sp³-hybridized carbons (Fsp3) is 0.636. The van der Waals surface area contributed by atoms with E-state index >= 15 is 0 Å². The highest BCUT2D eigenvalue weighted by Crippen LogP contribution is 2.20. The predicted molar refractivity (Wildman–Crippen MR) is 84.9 cm³/mol. The standard InChI is InChI=1S/C11H16Br4/c1-9(11(14)15)5-3-2-4-6-10(7-12)8-13/h3,5-6,9,11H,2,4,7-8H2,1H3. The Hall–Kier alpha value is 1.40. The SMILES string of the molecule is CC(C=CCCC=C(CBr)CBr)C(Br)Br. The first-order valence-electron chi connectivity index (χ1n) is 4.86. The number of rotatable bonds is 7. The van der Waals surface area contributed by atoms with Crippen molar-refractivity contribution >= 4 is 63.7 Å². The Labute approximate surface area is 126 Å². The summed E-state index contributed by atoms with van der Waals surface area (Å²) >= 11 is 13.9. The van der Waals surface area contributed by atoms with Gasteiger partial charge in [-0.15, -0.1) is 0 Å². The molecule has 0 fully saturated rings. The fourth-order valence-electron chi connectivity index (χ4n) is 0.923. The third kappa shape index (κ3) is 9.13. The van der Waals surface area contributed by atoms with Crippen LogP contribution in [-0.2, 0) is 0 Å². The van der Waals surface area contributed by atoms with E-state index < -0.39 is 0 Å². The van der Waals surface area contributed by atoms with E-state index in [1.807, 2.05) is 0 Å². The van der Waals surface area contributed by atoms with E-state index in [9.17, 15) is 0 Å². The smallest absolute Gasteiger partial charge is 0.0757 e. The summed E-state index contributed by atoms with van der Waals surface area (Å²) in [5.74, 6) is 0.529. The second-order valence-electron chi connectivity index (χ2n) is 3.33. The first kappa shape index (κ1) is 16.4. The zero-order chi connectivity index (χ0) is 11.7. The maximum atomic E-state index is 3.50. The van der Waals surface area contributed by atoms with Crippen LogP contribution < -0.4 is 0 Å². The highest BCUT2D eigenvalue weighted by atomic mass is 79.9. The van der Waals surface area contributed by atoms with Crippen molar-refractivity contribution in [3.8, 4) is 0 Å². The minimum absolute atomic E-state index is 0.373. The van der Waals surface area contributed by atoms with Crippen LogP contribution >= 0.6 is 63.7 Å². The van der Waals surface area contributed by atoms with Crippen molar-refractivity contribution in [2.75, 3.05) is 10.7 Å². The van der Waals surface area contributed by atoms with Crippen molar-refractivity contribution in [3.63, 3.8) is 0 Å². The average molecular weight is 468 g/mol. The van der Waals surface area contributed by atoms with Crippen LogP contribution in [0.1, 0.15) is 19.8 Å². The van der Waals surface area contributed by atoms with Gasteiger partial charge in [0.15, 0.2) is 0 Å². The zero-order valence-corrected chi connectivity index (χ0v) is 15.1. The topological polar surface area (TPSA) is 0 Å². The molecule has 0 radical (unpaired) electrons. The highest BCUT2D eigenvalue weighted by Gasteiger charge is 2.04. The minimum Gasteiger partial charge on any atom is -0.0880 e. The third-order valence-electron chi connectivity index (χ3n) is 1.95. The molecule has 0 aromatic carbocycles. The lowest BCUT2D eigenvalue weighted by molar-refractivity contribution is 0.819. The molecule has 0 nitrogen and oxygen atoms in total. The van der Waals surface area contributed by atoms with Crippen LogP contribution in [-0.4, -0.2) is 14.4 Å². The van der Waals surface area contributed by atoms with Gasteiger partial charge in [0.05, 0.1) is 3.74 Å². The molecule has 15 heavy (non-hydrogen) atoms. The van der Waals surface area contributed by atoms with Crippen LogP contribution in [0.2, 0.25) is 0 Å². The molecule has 0 spiro atoms. The van der Waals surface area contributed by atoms with Gasteiger partial charge in [-0.05, 0) is 18.8 Å². The summed E-state index contributed by atoms with van der Waals surface area (Å²) in [6.45, 7) is 2.18. The Balaban J connectivity index is 3.74. The van der Waals surface area contributed by atoms with Crippen LogP contribution in [0, 0.1) is 5.92 Å². The first-order chi connectivity index (χ1) is 7.11. The summed E-state index contributed by atoms with van der Waals surface area (Å²) in [6, 6.07) is 0. The van der Waals surface area contributed by atoms with Crippen molar-refractivity contribution in [1.29, 1.82) is 0 Å². The molecule has 0 aromatic rings. The first-order valence-corrected chi connectivity index (χ1v) is 8.93. The molecule has 0 amide bonds. The molecule has 0 aliphatic rings. The molecule has 1 unspecified atom stereocenters. The lowest BCUT2D eigenvalue weighted by atomic mass is 10.1. The number of alkyl halides is 4. The molecule has 0 aromatic heterocycles. The summed E-state index contributed by atoms with van der Waals surface area (Å²) in [6.07, 6.45) is 9.00. The highest BCUT2D eigenvalue weighted by molar-refractivity contribution is 9.24. The lowest BCUT2D eigenvalue weighted by Crippen LogP contribution is -1.97. The molecule has 0 saturated heterocycles. The van der Waals surface area contributed by atoms with E-state index in [1.54, 1.807) is 0 Å². The Morgan fingerprint density at radius 2 is 1.73 bits per heavy atom. The average Bonchev–Trinajstić information content (AvgIpc) is 2.23. The predicted octanol–water partition coefficient (Wildman–Crippen LogP) is 5.79. The molecule has 0 aliphatic carbocycles. The molecule has 0 aliphatic heterocycles. The molecule has 0 bridgehead atoms. The van der Waals surface area contributed by atoms with Crippen LogP contribution in [0.4, 0.5) is 0 Å². The van der Waals surface area contributed by atoms with Gasteiger partial charge in [0.2, 0.25) is 0 Å². The number of unbranched alkanes of at least 4 members (excludes halogenated alkanes) is 1. The molecule has 0 N–H and O–H groups in total. The van der Waals surface area contributed by atoms with Gasteiger partial charge in [-0.3, -0.25) is 0 Å². The Morgan fingerprint density at radius 3 is 2.20 bits per heavy atom. The van der Waals surface area contributed by atoms with E-state index in [0.717, 1.165) is 23.5 Å². The lowest BCUT2D eigenvalue weighted by Gasteiger charge is -2.05. The molecule has 88 valence electrons. The maximum Gasteiger partial charge on any atom is 0.0757 e. The monoisotopic (exact) mass is 464 g/mol. The summed E-state index contributed by atoms with van der Waals surface area (Å²) in [4.78, 5) is 0. The van der Waals surface area contributed by atoms with Crippen molar-refractivity contribution in [2.45, 2.75) is 23.5 Å². The van der Waals surface area contributed by atoms with Crippen molar-refractivity contribution in [2.24, 2.45) is 5.92 Å². The Bertz CT molecular complexity index is 203. The van der Waals surface area contributed by atoms with E-state index in [0.29, 0.717) is 9.65 Å². The van der Waals surface area contributed by atoms with Crippen LogP contribution in [0.15, 0.2) is 23.8 Å². The van der Waals surface area contributed by atoms with Gasteiger partial charge in [-0.25, -0.2) is 0 Å². The normalized spacial score (nSPS) is 13.5. The number of allylic oxidation sites excluding steroid dienone is 4. The number of hydrogen-bond acceptors (Lipinski definition) is 0. The van der Waals surface area contributed by atoms with E-state index in [2.05, 4.69) is 88.9 Å². The summed E-state index contributed by atoms with van der Waals surface area (Å²) in [5, 5.41) is 1.92. The van der Waals surface area contributed by atoms with Gasteiger partial charge in [0, 0.05) is 10.7 Å². The minimum atomic E-state index is 0.373. The molecule has 0 heterocycles. The molecule has 1 atom stereocenters. The summed E-state index contributed by atoms with van der Waals surface area (Å²) in [7, 11) is 0. The van der Waals surface area contributed by atoms with E-state index in [4.69, 9.17) is 0 Å². The van der Waals surface area contributed by atoms with E-state index in [-0.39, 0.29) is 0 Å². The Kier molecular flexibility index (Phi) is 11.5. The molecular weight excluding hydrogens is 452 g/mol. The van der Waals surface area contributed by atoms with Crippen LogP contribution in [0.25, 0.3) is 0 Å².